The highest BCUT2D eigenvalue weighted by molar-refractivity contribution is 5.83. The van der Waals surface area contributed by atoms with E-state index in [4.69, 9.17) is 10.8 Å². The van der Waals surface area contributed by atoms with E-state index >= 15 is 0 Å². The molecule has 3 unspecified atom stereocenters. The predicted molar refractivity (Wildman–Crippen MR) is 59.8 cm³/mol. The van der Waals surface area contributed by atoms with Gasteiger partial charge in [-0.2, -0.15) is 0 Å². The summed E-state index contributed by atoms with van der Waals surface area (Å²) in [5.74, 6) is -1.23. The van der Waals surface area contributed by atoms with Crippen molar-refractivity contribution in [2.75, 3.05) is 13.1 Å². The van der Waals surface area contributed by atoms with Crippen molar-refractivity contribution in [2.45, 2.75) is 32.7 Å². The van der Waals surface area contributed by atoms with Gasteiger partial charge < -0.3 is 15.7 Å². The van der Waals surface area contributed by atoms with Crippen LogP contribution < -0.4 is 5.73 Å². The zero-order chi connectivity index (χ0) is 12.3. The first-order valence-electron chi connectivity index (χ1n) is 5.74. The molecule has 0 aromatic heterocycles. The van der Waals surface area contributed by atoms with Crippen LogP contribution in [0.25, 0.3) is 0 Å². The van der Waals surface area contributed by atoms with Gasteiger partial charge in [-0.1, -0.05) is 20.3 Å². The number of carboxylic acid groups (broad SMARTS) is 1. The smallest absolute Gasteiger partial charge is 0.308 e. The predicted octanol–water partition coefficient (Wildman–Crippen LogP) is 0.293. The van der Waals surface area contributed by atoms with Gasteiger partial charge in [0, 0.05) is 13.1 Å². The molecule has 3 atom stereocenters. The molecule has 0 aromatic carbocycles. The summed E-state index contributed by atoms with van der Waals surface area (Å²) in [6, 6.07) is -0.502. The molecule has 5 nitrogen and oxygen atoms in total. The third-order valence-electron chi connectivity index (χ3n) is 3.39. The largest absolute Gasteiger partial charge is 0.481 e. The van der Waals surface area contributed by atoms with Crippen molar-refractivity contribution in [2.24, 2.45) is 17.6 Å². The molecule has 1 rings (SSSR count). The molecule has 0 aromatic rings. The molecule has 0 aliphatic carbocycles. The first-order valence-corrected chi connectivity index (χ1v) is 5.74. The number of nitrogens with two attached hydrogens (primary N) is 1. The van der Waals surface area contributed by atoms with Crippen LogP contribution in [0, 0.1) is 11.8 Å². The van der Waals surface area contributed by atoms with Crippen molar-refractivity contribution < 1.29 is 14.7 Å². The van der Waals surface area contributed by atoms with Gasteiger partial charge in [0.2, 0.25) is 5.91 Å². The van der Waals surface area contributed by atoms with Crippen molar-refractivity contribution in [3.63, 3.8) is 0 Å². The highest BCUT2D eigenvalue weighted by Gasteiger charge is 2.33. The quantitative estimate of drug-likeness (QED) is 0.724. The lowest BCUT2D eigenvalue weighted by Crippen LogP contribution is -2.46. The second-order valence-electron chi connectivity index (χ2n) is 4.52. The number of carboxylic acids is 1. The van der Waals surface area contributed by atoms with Crippen LogP contribution in [0.5, 0.6) is 0 Å². The fourth-order valence-corrected chi connectivity index (χ4v) is 1.87. The van der Waals surface area contributed by atoms with E-state index in [0.29, 0.717) is 19.5 Å². The van der Waals surface area contributed by atoms with E-state index in [1.807, 2.05) is 13.8 Å². The summed E-state index contributed by atoms with van der Waals surface area (Å²) in [6.07, 6.45) is 1.39. The van der Waals surface area contributed by atoms with Gasteiger partial charge in [0.25, 0.3) is 0 Å². The number of nitrogens with zero attached hydrogens (tertiary/aromatic N) is 1. The van der Waals surface area contributed by atoms with Crippen LogP contribution >= 0.6 is 0 Å². The molecule has 0 radical (unpaired) electrons. The topological polar surface area (TPSA) is 83.6 Å². The van der Waals surface area contributed by atoms with Gasteiger partial charge in [-0.3, -0.25) is 9.59 Å². The number of carbonyl (C=O) groups excluding carboxylic acids is 1. The van der Waals surface area contributed by atoms with Crippen molar-refractivity contribution in [3.8, 4) is 0 Å². The lowest BCUT2D eigenvalue weighted by molar-refractivity contribution is -0.141. The minimum absolute atomic E-state index is 0.113. The van der Waals surface area contributed by atoms with Gasteiger partial charge in [0.1, 0.15) is 0 Å². The zero-order valence-corrected chi connectivity index (χ0v) is 9.85. The van der Waals surface area contributed by atoms with E-state index in [1.54, 1.807) is 4.90 Å². The molecule has 0 spiro atoms. The van der Waals surface area contributed by atoms with Gasteiger partial charge in [0.05, 0.1) is 12.0 Å². The third-order valence-corrected chi connectivity index (χ3v) is 3.39. The monoisotopic (exact) mass is 228 g/mol. The van der Waals surface area contributed by atoms with Crippen LogP contribution in [0.1, 0.15) is 26.7 Å². The molecule has 1 aliphatic heterocycles. The Balaban J connectivity index is 2.54. The van der Waals surface area contributed by atoms with Crippen molar-refractivity contribution >= 4 is 11.9 Å². The minimum Gasteiger partial charge on any atom is -0.481 e. The number of hydrogen-bond donors (Lipinski definition) is 2. The van der Waals surface area contributed by atoms with Crippen molar-refractivity contribution in [1.82, 2.24) is 4.90 Å². The summed E-state index contributed by atoms with van der Waals surface area (Å²) in [5, 5.41) is 8.84. The second-order valence-corrected chi connectivity index (χ2v) is 4.52. The van der Waals surface area contributed by atoms with Gasteiger partial charge >= 0.3 is 5.97 Å². The number of amides is 1. The lowest BCUT2D eigenvalue weighted by atomic mass is 9.99. The first kappa shape index (κ1) is 13.0. The maximum Gasteiger partial charge on any atom is 0.308 e. The van der Waals surface area contributed by atoms with Crippen LogP contribution in [0.4, 0.5) is 0 Å². The van der Waals surface area contributed by atoms with Gasteiger partial charge in [-0.15, -0.1) is 0 Å². The average molecular weight is 228 g/mol. The lowest BCUT2D eigenvalue weighted by Gasteiger charge is -2.24. The second kappa shape index (κ2) is 5.30. The molecule has 1 aliphatic rings. The summed E-state index contributed by atoms with van der Waals surface area (Å²) in [6.45, 7) is 4.74. The molecule has 1 fully saturated rings. The van der Waals surface area contributed by atoms with E-state index in [2.05, 4.69) is 0 Å². The molecule has 3 N–H and O–H groups in total. The summed E-state index contributed by atoms with van der Waals surface area (Å²) in [5.41, 5.74) is 5.83. The van der Waals surface area contributed by atoms with E-state index in [1.165, 1.54) is 0 Å². The molecular formula is C11H20N2O3. The summed E-state index contributed by atoms with van der Waals surface area (Å²) < 4.78 is 0. The third kappa shape index (κ3) is 2.72. The van der Waals surface area contributed by atoms with Gasteiger partial charge in [-0.05, 0) is 12.3 Å². The zero-order valence-electron chi connectivity index (χ0n) is 9.85. The Morgan fingerprint density at radius 3 is 2.62 bits per heavy atom. The normalized spacial score (nSPS) is 24.2. The molecular weight excluding hydrogens is 208 g/mol. The SMILES string of the molecule is CCC(C)C(N)C(=O)N1CCC(C(=O)O)C1. The molecule has 0 bridgehead atoms. The molecule has 5 heteroatoms. The Hall–Kier alpha value is -1.10. The maximum atomic E-state index is 11.9. The molecule has 1 saturated heterocycles. The Morgan fingerprint density at radius 2 is 2.19 bits per heavy atom. The van der Waals surface area contributed by atoms with Crippen LogP contribution in [0.3, 0.4) is 0 Å². The summed E-state index contributed by atoms with van der Waals surface area (Å²) in [4.78, 5) is 24.3. The molecule has 16 heavy (non-hydrogen) atoms. The first-order chi connectivity index (χ1) is 7.47. The Morgan fingerprint density at radius 1 is 1.56 bits per heavy atom. The van der Waals surface area contributed by atoms with Gasteiger partial charge in [0.15, 0.2) is 0 Å². The molecule has 1 heterocycles. The van der Waals surface area contributed by atoms with Gasteiger partial charge in [-0.25, -0.2) is 0 Å². The van der Waals surface area contributed by atoms with E-state index in [0.717, 1.165) is 6.42 Å². The number of likely N-dealkylation sites (tertiary alicyclic amines) is 1. The van der Waals surface area contributed by atoms with Crippen LogP contribution in [0.2, 0.25) is 0 Å². The van der Waals surface area contributed by atoms with E-state index in [9.17, 15) is 9.59 Å². The number of carbonyl (C=O) groups is 2. The van der Waals surface area contributed by atoms with Crippen LogP contribution in [-0.2, 0) is 9.59 Å². The maximum absolute atomic E-state index is 11.9. The summed E-state index contributed by atoms with van der Waals surface area (Å²) >= 11 is 0. The van der Waals surface area contributed by atoms with E-state index in [-0.39, 0.29) is 11.8 Å². The van der Waals surface area contributed by atoms with E-state index < -0.39 is 17.9 Å². The fourth-order valence-electron chi connectivity index (χ4n) is 1.87. The van der Waals surface area contributed by atoms with Crippen LogP contribution in [0.15, 0.2) is 0 Å². The Kier molecular flexibility index (Phi) is 4.29. The van der Waals surface area contributed by atoms with Crippen molar-refractivity contribution in [1.29, 1.82) is 0 Å². The number of aliphatic carboxylic acids is 1. The fraction of sp³-hybridized carbons (Fsp3) is 0.818. The molecule has 92 valence electrons. The molecule has 0 saturated carbocycles. The molecule has 1 amide bonds. The van der Waals surface area contributed by atoms with Crippen LogP contribution in [-0.4, -0.2) is 41.0 Å². The standard InChI is InChI=1S/C11H20N2O3/c1-3-7(2)9(12)10(14)13-5-4-8(6-13)11(15)16/h7-9H,3-6,12H2,1-2H3,(H,15,16). The Bertz CT molecular complexity index is 280. The van der Waals surface area contributed by atoms with Crippen molar-refractivity contribution in [3.05, 3.63) is 0 Å². The number of hydrogen-bond acceptors (Lipinski definition) is 3. The highest BCUT2D eigenvalue weighted by atomic mass is 16.4. The summed E-state index contributed by atoms with van der Waals surface area (Å²) in [7, 11) is 0. The number of rotatable bonds is 4. The minimum atomic E-state index is -0.826. The highest BCUT2D eigenvalue weighted by Crippen LogP contribution is 2.18. The Labute approximate surface area is 95.6 Å². The average Bonchev–Trinajstić information content (AvgIpc) is 2.75.